The number of methoxy groups -OCH3 is 1. The number of fused-ring (bicyclic) bond motifs is 2. The number of aromatic amines is 1. The Morgan fingerprint density at radius 2 is 1.67 bits per heavy atom. The molecule has 33 heavy (non-hydrogen) atoms. The first-order valence-corrected chi connectivity index (χ1v) is 10.7. The van der Waals surface area contributed by atoms with Gasteiger partial charge < -0.3 is 14.8 Å². The molecule has 0 saturated carbocycles. The Hall–Kier alpha value is -4.32. The fraction of sp³-hybridized carbons (Fsp3) is 0.111. The molecule has 2 aromatic heterocycles. The minimum Gasteiger partial charge on any atom is -0.495 e. The van der Waals surface area contributed by atoms with Crippen molar-refractivity contribution in [2.75, 3.05) is 13.7 Å². The molecule has 2 heterocycles. The number of nitrogens with one attached hydrogen (secondary N) is 1. The van der Waals surface area contributed by atoms with E-state index in [4.69, 9.17) is 4.74 Å². The van der Waals surface area contributed by atoms with E-state index in [-0.39, 0.29) is 11.4 Å². The lowest BCUT2D eigenvalue weighted by Crippen LogP contribution is -2.20. The van der Waals surface area contributed by atoms with Gasteiger partial charge in [0.25, 0.3) is 5.56 Å². The molecule has 3 aromatic carbocycles. The Bertz CT molecular complexity index is 1550. The van der Waals surface area contributed by atoms with Crippen molar-refractivity contribution in [3.8, 4) is 17.3 Å². The number of nitrogens with zero attached hydrogens (tertiary/aromatic N) is 2. The minimum atomic E-state index is -0.316. The Labute approximate surface area is 190 Å². The zero-order valence-corrected chi connectivity index (χ0v) is 18.2. The van der Waals surface area contributed by atoms with Crippen molar-refractivity contribution in [3.05, 3.63) is 100 Å². The molecule has 0 saturated heterocycles. The minimum absolute atomic E-state index is 0.168. The summed E-state index contributed by atoms with van der Waals surface area (Å²) in [6.07, 6.45) is 4.41. The number of aromatic nitrogens is 2. The maximum Gasteiger partial charge on any atom is 0.265 e. The Balaban J connectivity index is 1.55. The van der Waals surface area contributed by atoms with Crippen LogP contribution in [0.15, 0.2) is 88.8 Å². The molecule has 0 fully saturated rings. The first kappa shape index (κ1) is 20.6. The van der Waals surface area contributed by atoms with Crippen LogP contribution in [0.4, 0.5) is 0 Å². The second kappa shape index (κ2) is 8.67. The van der Waals surface area contributed by atoms with Crippen molar-refractivity contribution in [1.82, 2.24) is 9.55 Å². The summed E-state index contributed by atoms with van der Waals surface area (Å²) in [7, 11) is 1.54. The van der Waals surface area contributed by atoms with Crippen LogP contribution in [0.3, 0.4) is 0 Å². The van der Waals surface area contributed by atoms with E-state index < -0.39 is 0 Å². The maximum atomic E-state index is 13.3. The quantitative estimate of drug-likeness (QED) is 0.373. The van der Waals surface area contributed by atoms with E-state index in [2.05, 4.69) is 16.0 Å². The molecular weight excluding hydrogens is 414 g/mol. The molecule has 0 atom stereocenters. The smallest absolute Gasteiger partial charge is 0.265 e. The summed E-state index contributed by atoms with van der Waals surface area (Å²) < 4.78 is 6.71. The molecule has 0 aliphatic heterocycles. The van der Waals surface area contributed by atoms with Gasteiger partial charge in [0.2, 0.25) is 5.88 Å². The highest BCUT2D eigenvalue weighted by Gasteiger charge is 2.18. The number of aliphatic imine (C=N–C) groups is 1. The number of pyridine rings is 1. The van der Waals surface area contributed by atoms with Crippen molar-refractivity contribution in [2.45, 2.75) is 6.42 Å². The molecule has 164 valence electrons. The molecule has 0 bridgehead atoms. The van der Waals surface area contributed by atoms with E-state index in [1.54, 1.807) is 30.5 Å². The van der Waals surface area contributed by atoms with Crippen molar-refractivity contribution < 1.29 is 9.84 Å². The molecule has 0 spiro atoms. The zero-order chi connectivity index (χ0) is 22.8. The van der Waals surface area contributed by atoms with Crippen LogP contribution in [0.1, 0.15) is 11.1 Å². The van der Waals surface area contributed by atoms with E-state index >= 15 is 0 Å². The van der Waals surface area contributed by atoms with E-state index in [1.807, 2.05) is 48.7 Å². The average molecular weight is 437 g/mol. The molecule has 6 nitrogen and oxygen atoms in total. The van der Waals surface area contributed by atoms with Gasteiger partial charge >= 0.3 is 0 Å². The SMILES string of the molecule is COc1ccccc1-n1c(O)c(C=NCCc2c[nH]c3ccccc23)c2ccccc2c1=O. The topological polar surface area (TPSA) is 79.6 Å². The van der Waals surface area contributed by atoms with Crippen LogP contribution in [0, 0.1) is 0 Å². The lowest BCUT2D eigenvalue weighted by molar-refractivity contribution is 0.404. The average Bonchev–Trinajstić information content (AvgIpc) is 3.27. The van der Waals surface area contributed by atoms with Gasteiger partial charge in [0.1, 0.15) is 5.75 Å². The fourth-order valence-corrected chi connectivity index (χ4v) is 4.21. The number of hydrogen-bond donors (Lipinski definition) is 2. The summed E-state index contributed by atoms with van der Waals surface area (Å²) in [6, 6.07) is 22.5. The number of benzene rings is 3. The predicted molar refractivity (Wildman–Crippen MR) is 132 cm³/mol. The predicted octanol–water partition coefficient (Wildman–Crippen LogP) is 4.85. The summed E-state index contributed by atoms with van der Waals surface area (Å²) >= 11 is 0. The molecule has 0 unspecified atom stereocenters. The van der Waals surface area contributed by atoms with Gasteiger partial charge in [-0.15, -0.1) is 0 Å². The highest BCUT2D eigenvalue weighted by molar-refractivity contribution is 6.01. The van der Waals surface area contributed by atoms with Crippen molar-refractivity contribution in [1.29, 1.82) is 0 Å². The van der Waals surface area contributed by atoms with Gasteiger partial charge in [-0.2, -0.15) is 0 Å². The summed E-state index contributed by atoms with van der Waals surface area (Å²) in [5, 5.41) is 13.5. The first-order valence-electron chi connectivity index (χ1n) is 10.7. The summed E-state index contributed by atoms with van der Waals surface area (Å²) in [4.78, 5) is 21.2. The highest BCUT2D eigenvalue weighted by atomic mass is 16.5. The third kappa shape index (κ3) is 3.65. The summed E-state index contributed by atoms with van der Waals surface area (Å²) in [6.45, 7) is 0.545. The Morgan fingerprint density at radius 1 is 0.970 bits per heavy atom. The van der Waals surface area contributed by atoms with Gasteiger partial charge in [-0.3, -0.25) is 9.79 Å². The van der Waals surface area contributed by atoms with Gasteiger partial charge in [0, 0.05) is 40.6 Å². The van der Waals surface area contributed by atoms with Crippen LogP contribution in [-0.2, 0) is 6.42 Å². The fourth-order valence-electron chi connectivity index (χ4n) is 4.21. The van der Waals surface area contributed by atoms with Crippen LogP contribution in [0.5, 0.6) is 11.6 Å². The molecule has 2 N–H and O–H groups in total. The second-order valence-corrected chi connectivity index (χ2v) is 7.74. The molecule has 5 rings (SSSR count). The molecule has 0 aliphatic rings. The molecule has 0 aliphatic carbocycles. The van der Waals surface area contributed by atoms with Crippen LogP contribution < -0.4 is 10.3 Å². The lowest BCUT2D eigenvalue weighted by Gasteiger charge is -2.16. The van der Waals surface area contributed by atoms with E-state index in [0.29, 0.717) is 34.3 Å². The molecule has 6 heteroatoms. The van der Waals surface area contributed by atoms with E-state index in [0.717, 1.165) is 11.9 Å². The van der Waals surface area contributed by atoms with Gasteiger partial charge in [-0.25, -0.2) is 4.57 Å². The van der Waals surface area contributed by atoms with Gasteiger partial charge in [-0.05, 0) is 36.2 Å². The summed E-state index contributed by atoms with van der Waals surface area (Å²) in [5.74, 6) is 0.325. The van der Waals surface area contributed by atoms with Crippen molar-refractivity contribution in [2.24, 2.45) is 4.99 Å². The second-order valence-electron chi connectivity index (χ2n) is 7.74. The Morgan fingerprint density at radius 3 is 2.48 bits per heavy atom. The zero-order valence-electron chi connectivity index (χ0n) is 18.2. The van der Waals surface area contributed by atoms with E-state index in [9.17, 15) is 9.90 Å². The molecule has 0 amide bonds. The lowest BCUT2D eigenvalue weighted by atomic mass is 10.1. The Kier molecular flexibility index (Phi) is 5.40. The van der Waals surface area contributed by atoms with Crippen LogP contribution in [-0.4, -0.2) is 34.5 Å². The van der Waals surface area contributed by atoms with E-state index in [1.165, 1.54) is 22.6 Å². The maximum absolute atomic E-state index is 13.3. The number of rotatable bonds is 6. The number of aromatic hydroxyl groups is 1. The van der Waals surface area contributed by atoms with Gasteiger partial charge in [0.15, 0.2) is 0 Å². The number of para-hydroxylation sites is 3. The monoisotopic (exact) mass is 437 g/mol. The van der Waals surface area contributed by atoms with Crippen LogP contribution >= 0.6 is 0 Å². The number of hydrogen-bond acceptors (Lipinski definition) is 4. The molecule has 5 aromatic rings. The number of H-pyrrole nitrogens is 1. The van der Waals surface area contributed by atoms with Crippen molar-refractivity contribution in [3.63, 3.8) is 0 Å². The first-order chi connectivity index (χ1) is 16.2. The normalized spacial score (nSPS) is 11.5. The van der Waals surface area contributed by atoms with Crippen LogP contribution in [0.2, 0.25) is 0 Å². The molecular formula is C27H23N3O3. The largest absolute Gasteiger partial charge is 0.495 e. The van der Waals surface area contributed by atoms with Crippen LogP contribution in [0.25, 0.3) is 27.4 Å². The standard InChI is InChI=1S/C27H23N3O3/c1-33-25-13-7-6-12-24(25)30-26(31)21-10-3-2-9-20(21)22(27(30)32)17-28-15-14-18-16-29-23-11-5-4-8-19(18)23/h2-13,16-17,29,32H,14-15H2,1H3. The number of ether oxygens (including phenoxy) is 1. The van der Waals surface area contributed by atoms with Gasteiger partial charge in [0.05, 0.1) is 18.4 Å². The van der Waals surface area contributed by atoms with Crippen molar-refractivity contribution >= 4 is 27.9 Å². The third-order valence-electron chi connectivity index (χ3n) is 5.84. The van der Waals surface area contributed by atoms with Gasteiger partial charge in [-0.1, -0.05) is 48.5 Å². The molecule has 0 radical (unpaired) electrons. The third-order valence-corrected chi connectivity index (χ3v) is 5.84. The summed E-state index contributed by atoms with van der Waals surface area (Å²) in [5.41, 5.74) is 2.94. The highest BCUT2D eigenvalue weighted by Crippen LogP contribution is 2.30.